The van der Waals surface area contributed by atoms with Crippen molar-refractivity contribution in [2.75, 3.05) is 32.2 Å². The van der Waals surface area contributed by atoms with Gasteiger partial charge in [0, 0.05) is 30.1 Å². The van der Waals surface area contributed by atoms with Crippen molar-refractivity contribution in [1.82, 2.24) is 10.2 Å². The third kappa shape index (κ3) is 9.45. The van der Waals surface area contributed by atoms with E-state index in [1.54, 1.807) is 37.4 Å². The third-order valence-corrected chi connectivity index (χ3v) is 10.1. The summed E-state index contributed by atoms with van der Waals surface area (Å²) >= 11 is 6.17. The van der Waals surface area contributed by atoms with Crippen LogP contribution in [0.5, 0.6) is 17.2 Å². The summed E-state index contributed by atoms with van der Waals surface area (Å²) in [5, 5.41) is 3.43. The molecule has 260 valence electrons. The number of sulfonamides is 1. The van der Waals surface area contributed by atoms with E-state index in [4.69, 9.17) is 25.8 Å². The van der Waals surface area contributed by atoms with E-state index >= 15 is 0 Å². The molecule has 0 saturated carbocycles. The lowest BCUT2D eigenvalue weighted by Gasteiger charge is -2.34. The minimum absolute atomic E-state index is 0.00627. The Morgan fingerprint density at radius 3 is 2.12 bits per heavy atom. The van der Waals surface area contributed by atoms with E-state index in [-0.39, 0.29) is 41.2 Å². The van der Waals surface area contributed by atoms with E-state index in [1.165, 1.54) is 49.5 Å². The van der Waals surface area contributed by atoms with E-state index in [9.17, 15) is 18.0 Å². The molecule has 0 aromatic heterocycles. The van der Waals surface area contributed by atoms with E-state index < -0.39 is 28.5 Å². The fourth-order valence-corrected chi connectivity index (χ4v) is 6.76. The van der Waals surface area contributed by atoms with Gasteiger partial charge in [-0.05, 0) is 73.0 Å². The molecule has 0 aliphatic heterocycles. The fourth-order valence-electron chi connectivity index (χ4n) is 5.20. The molecule has 1 N–H and O–H groups in total. The number of amides is 2. The molecule has 0 bridgehead atoms. The standard InChI is InChI=1S/C37H42ClN3O7S/c1-6-26(2)39-37(43)33(22-27-11-8-7-9-12-27)40(24-28-13-10-14-31(21-28)46-3)36(42)25-41(30-17-15-29(38)16-18-30)49(44,45)32-19-20-34(47-4)35(23-32)48-5/h7-21,23,26,33H,6,22,24-25H2,1-5H3,(H,39,43)/t26-,33-/m0/s1. The van der Waals surface area contributed by atoms with Crippen molar-refractivity contribution in [3.63, 3.8) is 0 Å². The molecule has 0 fully saturated rings. The van der Waals surface area contributed by atoms with Crippen LogP contribution >= 0.6 is 11.6 Å². The van der Waals surface area contributed by atoms with E-state index in [2.05, 4.69) is 5.32 Å². The average molecular weight is 708 g/mol. The zero-order chi connectivity index (χ0) is 35.6. The maximum atomic E-state index is 14.7. The van der Waals surface area contributed by atoms with Crippen LogP contribution in [0.1, 0.15) is 31.4 Å². The van der Waals surface area contributed by atoms with E-state index in [0.717, 1.165) is 9.87 Å². The maximum absolute atomic E-state index is 14.7. The molecule has 0 heterocycles. The Hall–Kier alpha value is -4.74. The van der Waals surface area contributed by atoms with Crippen molar-refractivity contribution >= 4 is 39.1 Å². The van der Waals surface area contributed by atoms with Crippen LogP contribution in [0.3, 0.4) is 0 Å². The normalized spacial score (nSPS) is 12.4. The molecule has 49 heavy (non-hydrogen) atoms. The number of hydrogen-bond donors (Lipinski definition) is 1. The first-order valence-electron chi connectivity index (χ1n) is 15.8. The Balaban J connectivity index is 1.84. The molecule has 0 unspecified atom stereocenters. The molecule has 0 aliphatic carbocycles. The number of methoxy groups -OCH3 is 3. The first-order valence-corrected chi connectivity index (χ1v) is 17.6. The first kappa shape index (κ1) is 37.1. The number of halogens is 1. The topological polar surface area (TPSA) is 114 Å². The van der Waals surface area contributed by atoms with Crippen molar-refractivity contribution in [2.24, 2.45) is 0 Å². The molecular weight excluding hydrogens is 666 g/mol. The number of carbonyl (C=O) groups excluding carboxylic acids is 2. The third-order valence-electron chi connectivity index (χ3n) is 8.10. The minimum atomic E-state index is -4.38. The summed E-state index contributed by atoms with van der Waals surface area (Å²) in [6.45, 7) is 3.24. The van der Waals surface area contributed by atoms with Gasteiger partial charge in [0.2, 0.25) is 11.8 Å². The second-order valence-electron chi connectivity index (χ2n) is 11.4. The van der Waals surface area contributed by atoms with Crippen LogP contribution in [0.4, 0.5) is 5.69 Å². The van der Waals surface area contributed by atoms with E-state index in [1.807, 2.05) is 50.2 Å². The quantitative estimate of drug-likeness (QED) is 0.149. The monoisotopic (exact) mass is 707 g/mol. The number of carbonyl (C=O) groups is 2. The zero-order valence-electron chi connectivity index (χ0n) is 28.3. The second kappa shape index (κ2) is 17.1. The van der Waals surface area contributed by atoms with Gasteiger partial charge in [0.05, 0.1) is 31.9 Å². The van der Waals surface area contributed by atoms with Gasteiger partial charge in [0.1, 0.15) is 18.3 Å². The Morgan fingerprint density at radius 2 is 1.49 bits per heavy atom. The molecule has 12 heteroatoms. The molecule has 4 aromatic carbocycles. The Labute approximate surface area is 293 Å². The Bertz CT molecular complexity index is 1820. The summed E-state index contributed by atoms with van der Waals surface area (Å²) in [5.41, 5.74) is 1.74. The number of rotatable bonds is 16. The molecule has 0 spiro atoms. The van der Waals surface area contributed by atoms with Crippen LogP contribution in [0.15, 0.2) is 102 Å². The maximum Gasteiger partial charge on any atom is 0.264 e. The van der Waals surface area contributed by atoms with Gasteiger partial charge in [-0.15, -0.1) is 0 Å². The predicted octanol–water partition coefficient (Wildman–Crippen LogP) is 6.12. The highest BCUT2D eigenvalue weighted by molar-refractivity contribution is 7.92. The summed E-state index contributed by atoms with van der Waals surface area (Å²) in [5.74, 6) is 0.177. The van der Waals surface area contributed by atoms with Crippen molar-refractivity contribution in [3.05, 3.63) is 113 Å². The van der Waals surface area contributed by atoms with Crippen LogP contribution < -0.4 is 23.8 Å². The molecule has 2 amide bonds. The van der Waals surface area contributed by atoms with Gasteiger partial charge in [0.25, 0.3) is 10.0 Å². The van der Waals surface area contributed by atoms with Crippen LogP contribution in [-0.2, 0) is 32.6 Å². The molecule has 0 aliphatic rings. The number of nitrogens with one attached hydrogen (secondary N) is 1. The van der Waals surface area contributed by atoms with Gasteiger partial charge in [-0.3, -0.25) is 13.9 Å². The molecule has 0 saturated heterocycles. The van der Waals surface area contributed by atoms with Gasteiger partial charge >= 0.3 is 0 Å². The molecule has 10 nitrogen and oxygen atoms in total. The molecule has 2 atom stereocenters. The van der Waals surface area contributed by atoms with Gasteiger partial charge in [-0.25, -0.2) is 8.42 Å². The van der Waals surface area contributed by atoms with Gasteiger partial charge in [-0.1, -0.05) is 61.0 Å². The first-order chi connectivity index (χ1) is 23.5. The summed E-state index contributed by atoms with van der Waals surface area (Å²) in [6.07, 6.45) is 0.879. The molecular formula is C37H42ClN3O7S. The largest absolute Gasteiger partial charge is 0.497 e. The van der Waals surface area contributed by atoms with Crippen molar-refractivity contribution in [1.29, 1.82) is 0 Å². The molecule has 0 radical (unpaired) electrons. The van der Waals surface area contributed by atoms with E-state index in [0.29, 0.717) is 28.5 Å². The highest BCUT2D eigenvalue weighted by atomic mass is 35.5. The SMILES string of the molecule is CC[C@H](C)NC(=O)[C@H](Cc1ccccc1)N(Cc1cccc(OC)c1)C(=O)CN(c1ccc(Cl)cc1)S(=O)(=O)c1ccc(OC)c(OC)c1. The summed E-state index contributed by atoms with van der Waals surface area (Å²) in [4.78, 5) is 30.0. The Morgan fingerprint density at radius 1 is 0.816 bits per heavy atom. The lowest BCUT2D eigenvalue weighted by Crippen LogP contribution is -2.54. The lowest BCUT2D eigenvalue weighted by molar-refractivity contribution is -0.140. The van der Waals surface area contributed by atoms with Crippen LogP contribution in [0, 0.1) is 0 Å². The zero-order valence-corrected chi connectivity index (χ0v) is 29.8. The van der Waals surface area contributed by atoms with Crippen molar-refractivity contribution in [2.45, 2.75) is 50.2 Å². The van der Waals surface area contributed by atoms with Gasteiger partial charge in [-0.2, -0.15) is 0 Å². The summed E-state index contributed by atoms with van der Waals surface area (Å²) in [7, 11) is 0.0213. The lowest BCUT2D eigenvalue weighted by atomic mass is 10.0. The minimum Gasteiger partial charge on any atom is -0.497 e. The van der Waals surface area contributed by atoms with Crippen LogP contribution in [0.2, 0.25) is 5.02 Å². The average Bonchev–Trinajstić information content (AvgIpc) is 3.12. The van der Waals surface area contributed by atoms with Crippen LogP contribution in [0.25, 0.3) is 0 Å². The van der Waals surface area contributed by atoms with Gasteiger partial charge in [0.15, 0.2) is 11.5 Å². The summed E-state index contributed by atoms with van der Waals surface area (Å²) < 4.78 is 45.9. The fraction of sp³-hybridized carbons (Fsp3) is 0.297. The molecule has 4 aromatic rings. The Kier molecular flexibility index (Phi) is 12.9. The number of anilines is 1. The highest BCUT2D eigenvalue weighted by Gasteiger charge is 2.35. The highest BCUT2D eigenvalue weighted by Crippen LogP contribution is 2.33. The smallest absolute Gasteiger partial charge is 0.264 e. The predicted molar refractivity (Wildman–Crippen MR) is 191 cm³/mol. The van der Waals surface area contributed by atoms with Crippen LogP contribution in [-0.4, -0.2) is 65.1 Å². The number of benzene rings is 4. The van der Waals surface area contributed by atoms with Gasteiger partial charge < -0.3 is 24.4 Å². The summed E-state index contributed by atoms with van der Waals surface area (Å²) in [6, 6.07) is 25.8. The second-order valence-corrected chi connectivity index (χ2v) is 13.7. The number of nitrogens with zero attached hydrogens (tertiary/aromatic N) is 2. The molecule has 4 rings (SSSR count). The number of hydrogen-bond acceptors (Lipinski definition) is 7. The number of ether oxygens (including phenoxy) is 3. The van der Waals surface area contributed by atoms with Crippen molar-refractivity contribution in [3.8, 4) is 17.2 Å². The van der Waals surface area contributed by atoms with Crippen molar-refractivity contribution < 1.29 is 32.2 Å².